The van der Waals surface area contributed by atoms with Gasteiger partial charge < -0.3 is 4.90 Å². The lowest BCUT2D eigenvalue weighted by atomic mass is 10.1. The van der Waals surface area contributed by atoms with Gasteiger partial charge in [-0.15, -0.1) is 10.2 Å². The number of rotatable bonds is 6. The first kappa shape index (κ1) is 16.0. The number of ketones is 1. The van der Waals surface area contributed by atoms with Gasteiger partial charge in [0.15, 0.2) is 10.1 Å². The predicted molar refractivity (Wildman–Crippen MR) is 89.7 cm³/mol. The number of anilines is 1. The molecule has 1 heterocycles. The van der Waals surface area contributed by atoms with E-state index in [2.05, 4.69) is 17.1 Å². The summed E-state index contributed by atoms with van der Waals surface area (Å²) in [6, 6.07) is 7.84. The van der Waals surface area contributed by atoms with Gasteiger partial charge in [-0.2, -0.15) is 0 Å². The molecule has 2 aromatic rings. The van der Waals surface area contributed by atoms with Crippen molar-refractivity contribution in [2.24, 2.45) is 0 Å². The van der Waals surface area contributed by atoms with Crippen LogP contribution in [0.5, 0.6) is 0 Å². The molecule has 0 N–H and O–H groups in total. The second kappa shape index (κ2) is 7.04. The Labute approximate surface area is 133 Å². The minimum absolute atomic E-state index is 0.129. The molecule has 1 aromatic heterocycles. The molecule has 0 aliphatic carbocycles. The number of carbonyl (C=O) groups excluding carboxylic acids is 1. The van der Waals surface area contributed by atoms with Crippen LogP contribution in [0.25, 0.3) is 0 Å². The Bertz CT molecular complexity index is 608. The Hall–Kier alpha value is -1.40. The van der Waals surface area contributed by atoms with Crippen LogP contribution in [0.1, 0.15) is 29.8 Å². The first-order chi connectivity index (χ1) is 10.0. The van der Waals surface area contributed by atoms with Crippen LogP contribution in [0.15, 0.2) is 28.6 Å². The van der Waals surface area contributed by atoms with Crippen molar-refractivity contribution in [3.05, 3.63) is 35.4 Å². The fraction of sp³-hybridized carbons (Fsp3) is 0.400. The first-order valence-electron chi connectivity index (χ1n) is 6.82. The van der Waals surface area contributed by atoms with Crippen LogP contribution in [-0.4, -0.2) is 35.3 Å². The molecule has 0 fully saturated rings. The summed E-state index contributed by atoms with van der Waals surface area (Å²) in [5.41, 5.74) is 2.00. The van der Waals surface area contributed by atoms with E-state index in [1.807, 2.05) is 50.2 Å². The quantitative estimate of drug-likeness (QED) is 0.601. The van der Waals surface area contributed by atoms with Crippen LogP contribution in [0.2, 0.25) is 0 Å². The molecule has 0 saturated heterocycles. The predicted octanol–water partition coefficient (Wildman–Crippen LogP) is 3.53. The summed E-state index contributed by atoms with van der Waals surface area (Å²) in [7, 11) is 3.86. The van der Waals surface area contributed by atoms with Crippen LogP contribution in [0, 0.1) is 0 Å². The summed E-state index contributed by atoms with van der Waals surface area (Å²) in [5, 5.41) is 8.89. The highest BCUT2D eigenvalue weighted by molar-refractivity contribution is 8.02. The van der Waals surface area contributed by atoms with E-state index in [4.69, 9.17) is 0 Å². The Balaban J connectivity index is 2.04. The van der Waals surface area contributed by atoms with E-state index < -0.39 is 0 Å². The molecule has 21 heavy (non-hydrogen) atoms. The lowest BCUT2D eigenvalue weighted by Crippen LogP contribution is -2.13. The van der Waals surface area contributed by atoms with Gasteiger partial charge in [-0.25, -0.2) is 0 Å². The normalized spacial score (nSPS) is 12.2. The lowest BCUT2D eigenvalue weighted by molar-refractivity contribution is 0.0994. The van der Waals surface area contributed by atoms with Gasteiger partial charge in [0.1, 0.15) is 0 Å². The number of benzene rings is 1. The maximum Gasteiger partial charge on any atom is 0.208 e. The van der Waals surface area contributed by atoms with E-state index in [9.17, 15) is 4.79 Å². The highest BCUT2D eigenvalue weighted by Gasteiger charge is 2.19. The molecule has 112 valence electrons. The van der Waals surface area contributed by atoms with Crippen molar-refractivity contribution in [1.82, 2.24) is 10.2 Å². The first-order valence-corrected chi connectivity index (χ1v) is 8.51. The van der Waals surface area contributed by atoms with E-state index in [0.29, 0.717) is 0 Å². The molecule has 6 heteroatoms. The van der Waals surface area contributed by atoms with Crippen LogP contribution in [-0.2, 0) is 6.42 Å². The minimum atomic E-state index is -0.166. The van der Waals surface area contributed by atoms with E-state index >= 15 is 0 Å². The van der Waals surface area contributed by atoms with Gasteiger partial charge in [0.25, 0.3) is 0 Å². The number of aromatic nitrogens is 2. The number of Topliss-reactive ketones (excluding diaryl/α,β-unsaturated/α-hetero) is 1. The van der Waals surface area contributed by atoms with Crippen molar-refractivity contribution in [1.29, 1.82) is 0 Å². The molecule has 0 aliphatic heterocycles. The molecule has 0 saturated carbocycles. The zero-order chi connectivity index (χ0) is 15.4. The van der Waals surface area contributed by atoms with Gasteiger partial charge in [0.2, 0.25) is 5.13 Å². The Morgan fingerprint density at radius 1 is 1.29 bits per heavy atom. The van der Waals surface area contributed by atoms with Gasteiger partial charge in [-0.05, 0) is 18.9 Å². The minimum Gasteiger partial charge on any atom is -0.353 e. The fourth-order valence-electron chi connectivity index (χ4n) is 1.78. The standard InChI is InChI=1S/C15H19N3OS2/c1-5-11-6-8-12(9-7-11)13(19)10(2)20-15-17-16-14(21-15)18(3)4/h6-10H,5H2,1-4H3. The summed E-state index contributed by atoms with van der Waals surface area (Å²) < 4.78 is 0.824. The van der Waals surface area contributed by atoms with Crippen molar-refractivity contribution in [3.8, 4) is 0 Å². The summed E-state index contributed by atoms with van der Waals surface area (Å²) in [6.45, 7) is 4.02. The number of nitrogens with zero attached hydrogens (tertiary/aromatic N) is 3. The Kier molecular flexibility index (Phi) is 5.36. The Morgan fingerprint density at radius 3 is 2.48 bits per heavy atom. The van der Waals surface area contributed by atoms with Crippen molar-refractivity contribution >= 4 is 34.0 Å². The lowest BCUT2D eigenvalue weighted by Gasteiger charge is -2.08. The second-order valence-corrected chi connectivity index (χ2v) is 7.46. The molecular formula is C15H19N3OS2. The largest absolute Gasteiger partial charge is 0.353 e. The molecule has 0 aliphatic rings. The molecule has 0 amide bonds. The maximum atomic E-state index is 12.4. The molecule has 1 aromatic carbocycles. The fourth-order valence-corrected chi connectivity index (χ4v) is 3.76. The molecule has 2 rings (SSSR count). The summed E-state index contributed by atoms with van der Waals surface area (Å²) >= 11 is 2.97. The molecule has 0 radical (unpaired) electrons. The van der Waals surface area contributed by atoms with Crippen LogP contribution < -0.4 is 4.90 Å². The van der Waals surface area contributed by atoms with Gasteiger partial charge in [0, 0.05) is 19.7 Å². The van der Waals surface area contributed by atoms with Gasteiger partial charge in [-0.3, -0.25) is 4.79 Å². The van der Waals surface area contributed by atoms with Crippen molar-refractivity contribution < 1.29 is 4.79 Å². The number of carbonyl (C=O) groups is 1. The molecular weight excluding hydrogens is 302 g/mol. The van der Waals surface area contributed by atoms with Crippen molar-refractivity contribution in [2.75, 3.05) is 19.0 Å². The molecule has 1 atom stereocenters. The number of thioether (sulfide) groups is 1. The highest BCUT2D eigenvalue weighted by Crippen LogP contribution is 2.31. The topological polar surface area (TPSA) is 46.1 Å². The summed E-state index contributed by atoms with van der Waals surface area (Å²) in [6.07, 6.45) is 0.983. The van der Waals surface area contributed by atoms with Crippen molar-refractivity contribution in [3.63, 3.8) is 0 Å². The third-order valence-electron chi connectivity index (χ3n) is 3.07. The van der Waals surface area contributed by atoms with Gasteiger partial charge >= 0.3 is 0 Å². The summed E-state index contributed by atoms with van der Waals surface area (Å²) in [5.74, 6) is 0.129. The molecule has 4 nitrogen and oxygen atoms in total. The van der Waals surface area contributed by atoms with E-state index in [-0.39, 0.29) is 11.0 Å². The van der Waals surface area contributed by atoms with Crippen LogP contribution >= 0.6 is 23.1 Å². The highest BCUT2D eigenvalue weighted by atomic mass is 32.2. The smallest absolute Gasteiger partial charge is 0.208 e. The van der Waals surface area contributed by atoms with Gasteiger partial charge in [0.05, 0.1) is 5.25 Å². The summed E-state index contributed by atoms with van der Waals surface area (Å²) in [4.78, 5) is 14.3. The zero-order valence-corrected chi connectivity index (χ0v) is 14.3. The SMILES string of the molecule is CCc1ccc(C(=O)C(C)Sc2nnc(N(C)C)s2)cc1. The molecule has 1 unspecified atom stereocenters. The van der Waals surface area contributed by atoms with Crippen LogP contribution in [0.4, 0.5) is 5.13 Å². The molecule has 0 spiro atoms. The maximum absolute atomic E-state index is 12.4. The number of hydrogen-bond donors (Lipinski definition) is 0. The van der Waals surface area contributed by atoms with E-state index in [1.54, 1.807) is 0 Å². The van der Waals surface area contributed by atoms with E-state index in [1.165, 1.54) is 28.7 Å². The van der Waals surface area contributed by atoms with E-state index in [0.717, 1.165) is 21.5 Å². The number of aryl methyl sites for hydroxylation is 1. The average Bonchev–Trinajstić information content (AvgIpc) is 2.95. The van der Waals surface area contributed by atoms with Gasteiger partial charge in [-0.1, -0.05) is 54.3 Å². The monoisotopic (exact) mass is 321 g/mol. The third kappa shape index (κ3) is 4.04. The average molecular weight is 321 g/mol. The second-order valence-electron chi connectivity index (χ2n) is 4.92. The van der Waals surface area contributed by atoms with Crippen LogP contribution in [0.3, 0.4) is 0 Å². The van der Waals surface area contributed by atoms with Crippen molar-refractivity contribution in [2.45, 2.75) is 29.9 Å². The number of hydrogen-bond acceptors (Lipinski definition) is 6. The zero-order valence-electron chi connectivity index (χ0n) is 12.7. The third-order valence-corrected chi connectivity index (χ3v) is 5.35. The Morgan fingerprint density at radius 2 is 1.95 bits per heavy atom. The molecule has 0 bridgehead atoms.